The molecule has 1 aromatic carbocycles. The first-order chi connectivity index (χ1) is 13.0. The van der Waals surface area contributed by atoms with Gasteiger partial charge in [0.15, 0.2) is 0 Å². The van der Waals surface area contributed by atoms with Gasteiger partial charge in [-0.05, 0) is 50.0 Å². The number of alkyl halides is 1. The van der Waals surface area contributed by atoms with Crippen LogP contribution in [-0.4, -0.2) is 32.9 Å². The normalized spacial score (nSPS) is 39.7. The molecule has 5 atom stereocenters. The number of benzene rings is 1. The van der Waals surface area contributed by atoms with E-state index in [1.165, 1.54) is 0 Å². The van der Waals surface area contributed by atoms with Gasteiger partial charge in [0.2, 0.25) is 10.0 Å². The molecule has 0 saturated heterocycles. The van der Waals surface area contributed by atoms with Gasteiger partial charge in [-0.1, -0.05) is 11.6 Å². The Morgan fingerprint density at radius 2 is 2.11 bits per heavy atom. The van der Waals surface area contributed by atoms with E-state index in [-0.39, 0.29) is 28.2 Å². The van der Waals surface area contributed by atoms with Crippen molar-refractivity contribution in [3.63, 3.8) is 0 Å². The van der Waals surface area contributed by atoms with Crippen molar-refractivity contribution in [1.82, 2.24) is 4.72 Å². The number of ether oxygens (including phenoxy) is 1. The topological polar surface area (TPSA) is 72.5 Å². The Balaban J connectivity index is 1.35. The van der Waals surface area contributed by atoms with E-state index >= 15 is 4.39 Å². The fourth-order valence-electron chi connectivity index (χ4n) is 6.95. The van der Waals surface area contributed by atoms with Crippen LogP contribution in [0.25, 0.3) is 0 Å². The van der Waals surface area contributed by atoms with Crippen molar-refractivity contribution in [2.75, 3.05) is 12.9 Å². The summed E-state index contributed by atoms with van der Waals surface area (Å²) in [4.78, 5) is 11.9. The second-order valence-corrected chi connectivity index (χ2v) is 11.2. The summed E-state index contributed by atoms with van der Waals surface area (Å²) in [5, 5.41) is 0.00750. The lowest BCUT2D eigenvalue weighted by Crippen LogP contribution is -2.77. The fourth-order valence-corrected chi connectivity index (χ4v) is 7.62. The molecule has 5 nitrogen and oxygen atoms in total. The van der Waals surface area contributed by atoms with Crippen LogP contribution in [0, 0.1) is 28.5 Å². The zero-order chi connectivity index (χ0) is 20.1. The number of halogens is 3. The number of hydrogen-bond donors (Lipinski definition) is 1. The van der Waals surface area contributed by atoms with Gasteiger partial charge >= 0.3 is 0 Å². The second kappa shape index (κ2) is 5.39. The molecular weight excluding hydrogens is 412 g/mol. The standard InChI is InChI=1S/C19H20ClF2NO4S/c1-28(25,26)23-16(24)12-3-13(20)15(4-14(12)21)27-9-17-5-10-2-11-7-18(22,8-17)19(11,17)6-10/h3-4,10-11H,2,5-9H2,1H3,(H,23,24). The zero-order valence-corrected chi connectivity index (χ0v) is 16.8. The smallest absolute Gasteiger partial charge is 0.267 e. The van der Waals surface area contributed by atoms with Crippen LogP contribution in [0.1, 0.15) is 42.5 Å². The van der Waals surface area contributed by atoms with Crippen LogP contribution < -0.4 is 9.46 Å². The first-order valence-electron chi connectivity index (χ1n) is 9.32. The summed E-state index contributed by atoms with van der Waals surface area (Å²) in [6, 6.07) is 2.04. The highest BCUT2D eigenvalue weighted by Crippen LogP contribution is 2.89. The maximum Gasteiger partial charge on any atom is 0.267 e. The molecule has 4 aliphatic carbocycles. The third kappa shape index (κ3) is 2.22. The number of carbonyl (C=O) groups is 1. The van der Waals surface area contributed by atoms with Crippen molar-refractivity contribution in [3.05, 3.63) is 28.5 Å². The van der Waals surface area contributed by atoms with Crippen LogP contribution in [0.15, 0.2) is 12.1 Å². The minimum atomic E-state index is -3.83. The summed E-state index contributed by atoms with van der Waals surface area (Å²) in [5.41, 5.74) is -2.02. The molecule has 0 aromatic heterocycles. The van der Waals surface area contributed by atoms with E-state index in [0.717, 1.165) is 37.7 Å². The number of sulfonamides is 1. The van der Waals surface area contributed by atoms with E-state index in [2.05, 4.69) is 0 Å². The molecule has 0 radical (unpaired) electrons. The van der Waals surface area contributed by atoms with Gasteiger partial charge in [-0.25, -0.2) is 21.9 Å². The Bertz CT molecular complexity index is 1020. The van der Waals surface area contributed by atoms with Crippen molar-refractivity contribution >= 4 is 27.5 Å². The molecule has 5 rings (SSSR count). The Kier molecular flexibility index (Phi) is 3.58. The van der Waals surface area contributed by atoms with Crippen molar-refractivity contribution in [1.29, 1.82) is 0 Å². The molecule has 0 heterocycles. The van der Waals surface area contributed by atoms with Crippen molar-refractivity contribution in [3.8, 4) is 5.75 Å². The predicted octanol–water partition coefficient (Wildman–Crippen LogP) is 3.47. The van der Waals surface area contributed by atoms with Crippen LogP contribution in [0.2, 0.25) is 5.02 Å². The third-order valence-corrected chi connectivity index (χ3v) is 8.44. The highest BCUT2D eigenvalue weighted by Gasteiger charge is 2.88. The van der Waals surface area contributed by atoms with Gasteiger partial charge in [-0.3, -0.25) is 4.79 Å². The number of hydrogen-bond acceptors (Lipinski definition) is 4. The number of rotatable bonds is 5. The minimum Gasteiger partial charge on any atom is -0.491 e. The summed E-state index contributed by atoms with van der Waals surface area (Å²) in [5.74, 6) is -0.974. The molecular formula is C19H20ClF2NO4S. The number of nitrogens with one attached hydrogen (secondary N) is 1. The van der Waals surface area contributed by atoms with Crippen molar-refractivity contribution in [2.45, 2.75) is 37.8 Å². The van der Waals surface area contributed by atoms with Gasteiger partial charge in [-0.2, -0.15) is 0 Å². The van der Waals surface area contributed by atoms with Crippen molar-refractivity contribution < 1.29 is 26.7 Å². The fraction of sp³-hybridized carbons (Fsp3) is 0.632. The average molecular weight is 432 g/mol. The van der Waals surface area contributed by atoms with E-state index in [1.54, 1.807) is 4.72 Å². The summed E-state index contributed by atoms with van der Waals surface area (Å²) in [7, 11) is -3.83. The molecule has 1 amide bonds. The molecule has 4 fully saturated rings. The highest BCUT2D eigenvalue weighted by molar-refractivity contribution is 7.89. The van der Waals surface area contributed by atoms with Gasteiger partial charge in [0, 0.05) is 16.9 Å². The Morgan fingerprint density at radius 3 is 2.75 bits per heavy atom. The summed E-state index contributed by atoms with van der Waals surface area (Å²) >= 11 is 6.15. The third-order valence-electron chi connectivity index (χ3n) is 7.59. The van der Waals surface area contributed by atoms with Crippen LogP contribution >= 0.6 is 11.6 Å². The zero-order valence-electron chi connectivity index (χ0n) is 15.2. The molecule has 9 heteroatoms. The molecule has 1 aromatic rings. The molecule has 4 aliphatic rings. The van der Waals surface area contributed by atoms with E-state index < -0.39 is 33.0 Å². The van der Waals surface area contributed by atoms with Crippen molar-refractivity contribution in [2.24, 2.45) is 22.7 Å². The van der Waals surface area contributed by atoms with Gasteiger partial charge in [0.1, 0.15) is 17.2 Å². The van der Waals surface area contributed by atoms with E-state index in [9.17, 15) is 17.6 Å². The molecule has 4 saturated carbocycles. The summed E-state index contributed by atoms with van der Waals surface area (Å²) in [6.07, 6.45) is 4.90. The number of amides is 1. The van der Waals surface area contributed by atoms with Crippen LogP contribution in [-0.2, 0) is 10.0 Å². The van der Waals surface area contributed by atoms with Gasteiger partial charge in [0.05, 0.1) is 23.4 Å². The van der Waals surface area contributed by atoms with E-state index in [0.29, 0.717) is 24.7 Å². The first-order valence-corrected chi connectivity index (χ1v) is 11.6. The molecule has 2 bridgehead atoms. The maximum absolute atomic E-state index is 15.1. The lowest BCUT2D eigenvalue weighted by molar-refractivity contribution is -0.324. The lowest BCUT2D eigenvalue weighted by atomic mass is 9.30. The number of carbonyl (C=O) groups excluding carboxylic acids is 1. The monoisotopic (exact) mass is 431 g/mol. The van der Waals surface area contributed by atoms with E-state index in [4.69, 9.17) is 16.3 Å². The van der Waals surface area contributed by atoms with E-state index in [1.807, 2.05) is 0 Å². The minimum absolute atomic E-state index is 0.00750. The predicted molar refractivity (Wildman–Crippen MR) is 98.0 cm³/mol. The van der Waals surface area contributed by atoms with Crippen LogP contribution in [0.3, 0.4) is 0 Å². The second-order valence-electron chi connectivity index (χ2n) is 9.06. The Labute approximate surface area is 166 Å². The first kappa shape index (κ1) is 18.6. The SMILES string of the molecule is CS(=O)(=O)NC(=O)c1cc(Cl)c(OCC23CC4CC5CC(F)(C2)C53C4)cc1F. The van der Waals surface area contributed by atoms with Gasteiger partial charge in [-0.15, -0.1) is 0 Å². The quantitative estimate of drug-likeness (QED) is 0.774. The largest absolute Gasteiger partial charge is 0.491 e. The van der Waals surface area contributed by atoms with Crippen LogP contribution in [0.4, 0.5) is 8.78 Å². The van der Waals surface area contributed by atoms with Gasteiger partial charge < -0.3 is 4.74 Å². The summed E-state index contributed by atoms with van der Waals surface area (Å²) in [6.45, 7) is 0.277. The molecule has 152 valence electrons. The van der Waals surface area contributed by atoms with Crippen LogP contribution in [0.5, 0.6) is 5.75 Å². The molecule has 0 aliphatic heterocycles. The Morgan fingerprint density at radius 1 is 1.36 bits per heavy atom. The average Bonchev–Trinajstić information content (AvgIpc) is 3.05. The Hall–Kier alpha value is -1.41. The molecule has 1 spiro atoms. The number of fused-ring (bicyclic) bond motifs is 1. The highest BCUT2D eigenvalue weighted by atomic mass is 35.5. The molecule has 5 unspecified atom stereocenters. The summed E-state index contributed by atoms with van der Waals surface area (Å²) < 4.78 is 59.3. The van der Waals surface area contributed by atoms with Gasteiger partial charge in [0.25, 0.3) is 5.91 Å². The molecule has 28 heavy (non-hydrogen) atoms. The maximum atomic E-state index is 15.1. The molecule has 1 N–H and O–H groups in total. The lowest BCUT2D eigenvalue weighted by Gasteiger charge is -2.75.